The number of aliphatic hydroxyl groups excluding tert-OH is 1. The van der Waals surface area contributed by atoms with Gasteiger partial charge in [0.25, 0.3) is 0 Å². The number of hydrogen-bond acceptors (Lipinski definition) is 3. The van der Waals surface area contributed by atoms with Gasteiger partial charge in [0.15, 0.2) is 5.78 Å². The lowest BCUT2D eigenvalue weighted by atomic mass is 9.70. The number of pyridine rings is 1. The number of aliphatic hydroxyl groups is 1. The average Bonchev–Trinajstić information content (AvgIpc) is 3.36. The van der Waals surface area contributed by atoms with E-state index in [0.717, 1.165) is 60.6 Å². The van der Waals surface area contributed by atoms with Crippen molar-refractivity contribution in [1.82, 2.24) is 4.98 Å². The second kappa shape index (κ2) is 11.7. The minimum Gasteiger partial charge on any atom is -0.388 e. The summed E-state index contributed by atoms with van der Waals surface area (Å²) in [5.74, 6) is 0.634. The van der Waals surface area contributed by atoms with Crippen LogP contribution < -0.4 is 0 Å². The second-order valence-electron chi connectivity index (χ2n) is 12.1. The van der Waals surface area contributed by atoms with Gasteiger partial charge in [-0.1, -0.05) is 72.6 Å². The highest BCUT2D eigenvalue weighted by Crippen LogP contribution is 2.48. The fraction of sp³-hybridized carbons (Fsp3) is 0.562. The molecule has 1 heterocycles. The first-order valence-corrected chi connectivity index (χ1v) is 13.8. The van der Waals surface area contributed by atoms with Gasteiger partial charge < -0.3 is 5.11 Å². The van der Waals surface area contributed by atoms with Gasteiger partial charge in [0.1, 0.15) is 0 Å². The number of fused-ring (bicyclic) bond motifs is 1. The van der Waals surface area contributed by atoms with E-state index in [1.807, 2.05) is 0 Å². The Kier molecular flexibility index (Phi) is 9.28. The van der Waals surface area contributed by atoms with Gasteiger partial charge in [-0.25, -0.2) is 0 Å². The van der Waals surface area contributed by atoms with E-state index in [1.54, 1.807) is 6.92 Å². The molecule has 2 aromatic rings. The highest BCUT2D eigenvalue weighted by molar-refractivity contribution is 6.12. The van der Waals surface area contributed by atoms with Crippen LogP contribution in [0.2, 0.25) is 0 Å². The van der Waals surface area contributed by atoms with Crippen LogP contribution in [0.15, 0.2) is 30.8 Å². The number of allylic oxidation sites excluding steroid dienone is 1. The maximum Gasteiger partial charge on any atom is 0.416 e. The molecule has 6 heteroatoms. The van der Waals surface area contributed by atoms with E-state index < -0.39 is 17.8 Å². The molecule has 1 saturated carbocycles. The third kappa shape index (κ3) is 6.74. The number of carbonyl (C=O) groups excluding carboxylic acids is 1. The molecule has 1 aromatic heterocycles. The number of alkyl halides is 3. The Morgan fingerprint density at radius 2 is 1.68 bits per heavy atom. The van der Waals surface area contributed by atoms with Crippen LogP contribution in [-0.4, -0.2) is 15.9 Å². The minimum absolute atomic E-state index is 0.115. The Balaban J connectivity index is 0.000000732. The number of nitrogens with zero attached hydrogens (tertiary/aromatic N) is 1. The molecular weight excluding hydrogens is 487 g/mol. The van der Waals surface area contributed by atoms with Crippen LogP contribution in [0.3, 0.4) is 0 Å². The molecule has 0 amide bonds. The smallest absolute Gasteiger partial charge is 0.388 e. The third-order valence-corrected chi connectivity index (χ3v) is 7.76. The molecule has 1 unspecified atom stereocenters. The molecule has 4 rings (SSSR count). The van der Waals surface area contributed by atoms with E-state index >= 15 is 0 Å². The van der Waals surface area contributed by atoms with Crippen LogP contribution in [0.25, 0.3) is 5.57 Å². The molecule has 1 atom stereocenters. The number of carbonyl (C=O) groups is 1. The number of ketones is 1. The lowest BCUT2D eigenvalue weighted by Gasteiger charge is -2.37. The molecule has 1 aromatic carbocycles. The van der Waals surface area contributed by atoms with Crippen LogP contribution in [0, 0.1) is 11.3 Å². The number of hydrogen-bond donors (Lipinski definition) is 1. The van der Waals surface area contributed by atoms with E-state index in [4.69, 9.17) is 4.98 Å². The lowest BCUT2D eigenvalue weighted by Crippen LogP contribution is -2.30. The zero-order valence-electron chi connectivity index (χ0n) is 23.6. The van der Waals surface area contributed by atoms with Gasteiger partial charge in [0.2, 0.25) is 0 Å². The molecule has 2 aliphatic rings. The first kappa shape index (κ1) is 30.1. The van der Waals surface area contributed by atoms with Gasteiger partial charge in [-0.15, -0.1) is 0 Å². The number of rotatable bonds is 5. The van der Waals surface area contributed by atoms with Gasteiger partial charge in [-0.2, -0.15) is 13.2 Å². The Morgan fingerprint density at radius 3 is 2.16 bits per heavy atom. The highest BCUT2D eigenvalue weighted by atomic mass is 19.4. The van der Waals surface area contributed by atoms with Crippen molar-refractivity contribution in [3.63, 3.8) is 0 Å². The topological polar surface area (TPSA) is 50.2 Å². The molecule has 0 saturated heterocycles. The summed E-state index contributed by atoms with van der Waals surface area (Å²) >= 11 is 0. The number of benzene rings is 1. The Morgan fingerprint density at radius 1 is 1.13 bits per heavy atom. The normalized spacial score (nSPS) is 19.1. The van der Waals surface area contributed by atoms with Crippen molar-refractivity contribution in [1.29, 1.82) is 0 Å². The molecule has 0 radical (unpaired) electrons. The van der Waals surface area contributed by atoms with Gasteiger partial charge in [-0.05, 0) is 73.1 Å². The van der Waals surface area contributed by atoms with Crippen molar-refractivity contribution in [3.8, 4) is 0 Å². The molecule has 0 aliphatic heterocycles. The van der Waals surface area contributed by atoms with E-state index in [0.29, 0.717) is 29.7 Å². The van der Waals surface area contributed by atoms with Gasteiger partial charge in [0.05, 0.1) is 22.9 Å². The van der Waals surface area contributed by atoms with Crippen LogP contribution in [-0.2, 0) is 12.6 Å². The molecule has 0 spiro atoms. The first-order valence-electron chi connectivity index (χ1n) is 13.8. The van der Waals surface area contributed by atoms with Gasteiger partial charge in [0, 0.05) is 16.8 Å². The summed E-state index contributed by atoms with van der Waals surface area (Å²) in [6.07, 6.45) is 1.27. The Labute approximate surface area is 225 Å². The predicted molar refractivity (Wildman–Crippen MR) is 147 cm³/mol. The molecule has 1 fully saturated rings. The minimum atomic E-state index is -4.47. The van der Waals surface area contributed by atoms with Crippen LogP contribution in [0.4, 0.5) is 13.2 Å². The molecule has 2 aliphatic carbocycles. The summed E-state index contributed by atoms with van der Waals surface area (Å²) in [6.45, 7) is 16.7. The number of halogens is 3. The zero-order valence-corrected chi connectivity index (χ0v) is 23.6. The van der Waals surface area contributed by atoms with Crippen molar-refractivity contribution in [2.24, 2.45) is 11.3 Å². The van der Waals surface area contributed by atoms with Crippen molar-refractivity contribution in [2.75, 3.05) is 0 Å². The molecule has 3 nitrogen and oxygen atoms in total. The molecule has 38 heavy (non-hydrogen) atoms. The molecular formula is C32H42F3NO2. The maximum absolute atomic E-state index is 13.8. The fourth-order valence-electron chi connectivity index (χ4n) is 5.46. The predicted octanol–water partition coefficient (Wildman–Crippen LogP) is 9.08. The summed E-state index contributed by atoms with van der Waals surface area (Å²) in [7, 11) is 0. The Hall–Kier alpha value is -2.47. The quantitative estimate of drug-likeness (QED) is 0.393. The van der Waals surface area contributed by atoms with Crippen LogP contribution in [0.1, 0.15) is 136 Å². The summed E-state index contributed by atoms with van der Waals surface area (Å²) in [4.78, 5) is 18.6. The van der Waals surface area contributed by atoms with E-state index in [9.17, 15) is 23.1 Å². The first-order chi connectivity index (χ1) is 17.7. The monoisotopic (exact) mass is 529 g/mol. The third-order valence-electron chi connectivity index (χ3n) is 7.76. The standard InChI is InChI=1S/C27H30F3NO2.C5H12/c1-15(2)24-23(25(33)17-9-11-18(12-10-17)27(28,29)30)21(16-7-5-6-8-16)22-19(31-24)13-26(3,4)14-20(22)32;1-4-5(2)3/h9-12,16,20,32H,1,5-8,13-14H2,2-4H3;5H,4H2,1-3H3. The maximum atomic E-state index is 13.8. The number of aromatic nitrogens is 1. The van der Waals surface area contributed by atoms with Crippen LogP contribution >= 0.6 is 0 Å². The van der Waals surface area contributed by atoms with Crippen molar-refractivity contribution in [3.05, 3.63) is 70.0 Å². The molecule has 1 N–H and O–H groups in total. The fourth-order valence-corrected chi connectivity index (χ4v) is 5.46. The van der Waals surface area contributed by atoms with Crippen LogP contribution in [0.5, 0.6) is 0 Å². The van der Waals surface area contributed by atoms with Gasteiger partial charge in [-0.3, -0.25) is 9.78 Å². The van der Waals surface area contributed by atoms with E-state index in [1.165, 1.54) is 18.6 Å². The lowest BCUT2D eigenvalue weighted by molar-refractivity contribution is -0.137. The summed E-state index contributed by atoms with van der Waals surface area (Å²) in [5, 5.41) is 11.2. The van der Waals surface area contributed by atoms with Crippen molar-refractivity contribution in [2.45, 2.75) is 105 Å². The largest absolute Gasteiger partial charge is 0.416 e. The van der Waals surface area contributed by atoms with E-state index in [2.05, 4.69) is 41.2 Å². The van der Waals surface area contributed by atoms with Gasteiger partial charge >= 0.3 is 6.18 Å². The zero-order chi connectivity index (χ0) is 28.4. The average molecular weight is 530 g/mol. The second-order valence-corrected chi connectivity index (χ2v) is 12.1. The molecule has 208 valence electrons. The summed E-state index contributed by atoms with van der Waals surface area (Å²) in [5.41, 5.74) is 3.17. The summed E-state index contributed by atoms with van der Waals surface area (Å²) < 4.78 is 39.1. The Bertz CT molecular complexity index is 1160. The van der Waals surface area contributed by atoms with Crippen molar-refractivity contribution < 1.29 is 23.1 Å². The molecule has 0 bridgehead atoms. The van der Waals surface area contributed by atoms with E-state index in [-0.39, 0.29) is 22.7 Å². The van der Waals surface area contributed by atoms with Crippen molar-refractivity contribution >= 4 is 11.4 Å². The SMILES string of the molecule is C=C(C)c1nc2c(c(C3CCCC3)c1C(=O)c1ccc(C(F)(F)F)cc1)C(O)CC(C)(C)C2.CCC(C)C. The highest BCUT2D eigenvalue weighted by Gasteiger charge is 2.39. The summed E-state index contributed by atoms with van der Waals surface area (Å²) in [6, 6.07) is 4.33.